The highest BCUT2D eigenvalue weighted by Gasteiger charge is 2.30. The molecule has 0 amide bonds. The lowest BCUT2D eigenvalue weighted by molar-refractivity contribution is 0.0632. The van der Waals surface area contributed by atoms with Gasteiger partial charge in [0.2, 0.25) is 10.0 Å². The van der Waals surface area contributed by atoms with Crippen molar-refractivity contribution >= 4 is 10.0 Å². The predicted molar refractivity (Wildman–Crippen MR) is 72.1 cm³/mol. The van der Waals surface area contributed by atoms with Gasteiger partial charge in [-0.25, -0.2) is 8.42 Å². The van der Waals surface area contributed by atoms with Gasteiger partial charge in [-0.2, -0.15) is 4.31 Å². The van der Waals surface area contributed by atoms with Crippen LogP contribution in [0.4, 0.5) is 0 Å². The van der Waals surface area contributed by atoms with Crippen LogP contribution in [0.15, 0.2) is 17.2 Å². The molecule has 6 nitrogen and oxygen atoms in total. The minimum absolute atomic E-state index is 0.0142. The van der Waals surface area contributed by atoms with E-state index in [-0.39, 0.29) is 6.04 Å². The van der Waals surface area contributed by atoms with Gasteiger partial charge < -0.3 is 15.0 Å². The molecule has 0 unspecified atom stereocenters. The van der Waals surface area contributed by atoms with E-state index in [0.717, 1.165) is 18.5 Å². The van der Waals surface area contributed by atoms with Crippen LogP contribution < -0.4 is 5.73 Å². The number of aryl methyl sites for hydroxylation is 1. The third kappa shape index (κ3) is 2.84. The van der Waals surface area contributed by atoms with Crippen molar-refractivity contribution in [2.75, 3.05) is 20.3 Å². The fourth-order valence-electron chi connectivity index (χ4n) is 2.33. The van der Waals surface area contributed by atoms with Crippen LogP contribution in [0.25, 0.3) is 0 Å². The van der Waals surface area contributed by atoms with E-state index in [1.165, 1.54) is 4.31 Å². The monoisotopic (exact) mass is 287 g/mol. The Hall–Kier alpha value is -0.890. The molecule has 7 heteroatoms. The molecule has 0 saturated carbocycles. The largest absolute Gasteiger partial charge is 0.381 e. The number of hydrogen-bond donors (Lipinski definition) is 1. The number of ether oxygens (including phenoxy) is 1. The summed E-state index contributed by atoms with van der Waals surface area (Å²) in [7, 11) is -0.00840. The van der Waals surface area contributed by atoms with Crippen LogP contribution in [-0.4, -0.2) is 43.6 Å². The lowest BCUT2D eigenvalue weighted by Crippen LogP contribution is -2.40. The van der Waals surface area contributed by atoms with Crippen LogP contribution in [0.3, 0.4) is 0 Å². The maximum Gasteiger partial charge on any atom is 0.244 e. The van der Waals surface area contributed by atoms with Gasteiger partial charge in [0.1, 0.15) is 4.90 Å². The summed E-state index contributed by atoms with van der Waals surface area (Å²) in [5.74, 6) is 0. The summed E-state index contributed by atoms with van der Waals surface area (Å²) < 4.78 is 33.6. The molecule has 1 aliphatic rings. The van der Waals surface area contributed by atoms with Gasteiger partial charge in [-0.15, -0.1) is 0 Å². The molecular weight excluding hydrogens is 266 g/mol. The molecule has 1 fully saturated rings. The Morgan fingerprint density at radius 2 is 2.11 bits per heavy atom. The Kier molecular flexibility index (Phi) is 4.29. The van der Waals surface area contributed by atoms with Crippen LogP contribution in [0.5, 0.6) is 0 Å². The Balaban J connectivity index is 2.24. The molecule has 2 rings (SSSR count). The number of nitrogens with two attached hydrogens (primary N) is 1. The molecule has 0 bridgehead atoms. The number of nitrogens with zero attached hydrogens (tertiary/aromatic N) is 2. The topological polar surface area (TPSA) is 77.6 Å². The first kappa shape index (κ1) is 14.5. The van der Waals surface area contributed by atoms with Gasteiger partial charge in [-0.1, -0.05) is 0 Å². The number of aromatic nitrogens is 1. The van der Waals surface area contributed by atoms with E-state index in [1.54, 1.807) is 30.9 Å². The van der Waals surface area contributed by atoms with Gasteiger partial charge >= 0.3 is 0 Å². The van der Waals surface area contributed by atoms with Crippen LogP contribution in [0, 0.1) is 0 Å². The molecule has 0 radical (unpaired) electrons. The molecule has 1 aromatic rings. The van der Waals surface area contributed by atoms with Gasteiger partial charge in [0.25, 0.3) is 0 Å². The molecule has 0 atom stereocenters. The molecule has 1 aromatic heterocycles. The molecule has 2 N–H and O–H groups in total. The smallest absolute Gasteiger partial charge is 0.244 e. The average Bonchev–Trinajstić information content (AvgIpc) is 2.81. The van der Waals surface area contributed by atoms with Gasteiger partial charge in [-0.05, 0) is 18.9 Å². The third-order valence-electron chi connectivity index (χ3n) is 3.67. The van der Waals surface area contributed by atoms with E-state index < -0.39 is 10.0 Å². The maximum absolute atomic E-state index is 12.5. The van der Waals surface area contributed by atoms with Gasteiger partial charge in [0, 0.05) is 51.8 Å². The second-order valence-corrected chi connectivity index (χ2v) is 6.84. The fourth-order valence-corrected chi connectivity index (χ4v) is 3.84. The van der Waals surface area contributed by atoms with Crippen molar-refractivity contribution in [2.45, 2.75) is 30.3 Å². The summed E-state index contributed by atoms with van der Waals surface area (Å²) in [5, 5.41) is 0. The molecule has 108 valence electrons. The standard InChI is InChI=1S/C12H21N3O3S/c1-14-9-12(7-11(14)8-13)19(16,17)15(2)10-3-5-18-6-4-10/h7,9-10H,3-6,8,13H2,1-2H3. The van der Waals surface area contributed by atoms with Crippen LogP contribution in [0.2, 0.25) is 0 Å². The molecule has 0 aromatic carbocycles. The summed E-state index contributed by atoms with van der Waals surface area (Å²) in [5.41, 5.74) is 6.38. The Morgan fingerprint density at radius 3 is 2.63 bits per heavy atom. The Bertz CT molecular complexity index is 532. The van der Waals surface area contributed by atoms with Gasteiger partial charge in [0.15, 0.2) is 0 Å². The van der Waals surface area contributed by atoms with Crippen molar-refractivity contribution in [3.8, 4) is 0 Å². The molecule has 0 spiro atoms. The van der Waals surface area contributed by atoms with Gasteiger partial charge in [-0.3, -0.25) is 0 Å². The first-order chi connectivity index (χ1) is 8.96. The Labute approximate surface area is 114 Å². The van der Waals surface area contributed by atoms with Crippen molar-refractivity contribution in [3.63, 3.8) is 0 Å². The van der Waals surface area contributed by atoms with Crippen molar-refractivity contribution in [3.05, 3.63) is 18.0 Å². The zero-order chi connectivity index (χ0) is 14.0. The van der Waals surface area contributed by atoms with E-state index in [4.69, 9.17) is 10.5 Å². The minimum Gasteiger partial charge on any atom is -0.381 e. The molecule has 1 aliphatic heterocycles. The number of rotatable bonds is 4. The van der Waals surface area contributed by atoms with E-state index in [2.05, 4.69) is 0 Å². The van der Waals surface area contributed by atoms with Crippen LogP contribution in [0.1, 0.15) is 18.5 Å². The van der Waals surface area contributed by atoms with E-state index in [1.807, 2.05) is 0 Å². The predicted octanol–water partition coefficient (Wildman–Crippen LogP) is 0.283. The summed E-state index contributed by atoms with van der Waals surface area (Å²) in [6.45, 7) is 1.56. The zero-order valence-corrected chi connectivity index (χ0v) is 12.2. The summed E-state index contributed by atoms with van der Waals surface area (Å²) in [6, 6.07) is 1.66. The van der Waals surface area contributed by atoms with Crippen molar-refractivity contribution in [1.29, 1.82) is 0 Å². The molecule has 0 aliphatic carbocycles. The second-order valence-electron chi connectivity index (χ2n) is 4.85. The minimum atomic E-state index is -3.45. The fraction of sp³-hybridized carbons (Fsp3) is 0.667. The SMILES string of the molecule is CN(C1CCOCC1)S(=O)(=O)c1cc(CN)n(C)c1. The number of hydrogen-bond acceptors (Lipinski definition) is 4. The number of sulfonamides is 1. The van der Waals surface area contributed by atoms with Crippen molar-refractivity contribution in [2.24, 2.45) is 12.8 Å². The van der Waals surface area contributed by atoms with Crippen molar-refractivity contribution in [1.82, 2.24) is 8.87 Å². The highest BCUT2D eigenvalue weighted by Crippen LogP contribution is 2.23. The normalized spacial score (nSPS) is 18.1. The summed E-state index contributed by atoms with van der Waals surface area (Å²) in [4.78, 5) is 0.310. The lowest BCUT2D eigenvalue weighted by Gasteiger charge is -2.30. The molecule has 19 heavy (non-hydrogen) atoms. The maximum atomic E-state index is 12.5. The first-order valence-electron chi connectivity index (χ1n) is 6.38. The van der Waals surface area contributed by atoms with E-state index in [9.17, 15) is 8.42 Å². The summed E-state index contributed by atoms with van der Waals surface area (Å²) in [6.07, 6.45) is 3.10. The molecule has 2 heterocycles. The molecule has 1 saturated heterocycles. The Morgan fingerprint density at radius 1 is 1.47 bits per heavy atom. The zero-order valence-electron chi connectivity index (χ0n) is 11.4. The third-order valence-corrected chi connectivity index (χ3v) is 5.55. The first-order valence-corrected chi connectivity index (χ1v) is 7.82. The van der Waals surface area contributed by atoms with Crippen molar-refractivity contribution < 1.29 is 13.2 Å². The highest BCUT2D eigenvalue weighted by atomic mass is 32.2. The van der Waals surface area contributed by atoms with Crippen LogP contribution >= 0.6 is 0 Å². The average molecular weight is 287 g/mol. The lowest BCUT2D eigenvalue weighted by atomic mass is 10.1. The summed E-state index contributed by atoms with van der Waals surface area (Å²) >= 11 is 0. The van der Waals surface area contributed by atoms with Crippen LogP contribution in [-0.2, 0) is 28.4 Å². The van der Waals surface area contributed by atoms with E-state index in [0.29, 0.717) is 24.7 Å². The highest BCUT2D eigenvalue weighted by molar-refractivity contribution is 7.89. The molecular formula is C12H21N3O3S. The quantitative estimate of drug-likeness (QED) is 0.863. The van der Waals surface area contributed by atoms with E-state index >= 15 is 0 Å². The van der Waals surface area contributed by atoms with Gasteiger partial charge in [0.05, 0.1) is 0 Å². The second kappa shape index (κ2) is 5.62.